The molecule has 0 saturated carbocycles. The number of hydrogen-bond donors (Lipinski definition) is 0. The summed E-state index contributed by atoms with van der Waals surface area (Å²) in [6.07, 6.45) is 0. The van der Waals surface area contributed by atoms with Gasteiger partial charge in [0.15, 0.2) is 0 Å². The molecule has 0 spiro atoms. The zero-order valence-electron chi connectivity index (χ0n) is 11.9. The highest BCUT2D eigenvalue weighted by atomic mass is 32.1. The Morgan fingerprint density at radius 2 is 2.20 bits per heavy atom. The number of aryl methyl sites for hydroxylation is 1. The van der Waals surface area contributed by atoms with Gasteiger partial charge in [0, 0.05) is 18.0 Å². The maximum absolute atomic E-state index is 8.98. The Balaban J connectivity index is 2.06. The van der Waals surface area contributed by atoms with E-state index in [-0.39, 0.29) is 0 Å². The van der Waals surface area contributed by atoms with Gasteiger partial charge in [-0.25, -0.2) is 4.98 Å². The predicted molar refractivity (Wildman–Crippen MR) is 79.7 cm³/mol. The van der Waals surface area contributed by atoms with Crippen molar-refractivity contribution in [2.24, 2.45) is 0 Å². The molecule has 1 heterocycles. The fourth-order valence-corrected chi connectivity index (χ4v) is 2.87. The Hall–Kier alpha value is -1.90. The van der Waals surface area contributed by atoms with E-state index in [1.165, 1.54) is 4.88 Å². The molecule has 4 nitrogen and oxygen atoms in total. The lowest BCUT2D eigenvalue weighted by Gasteiger charge is -2.16. The van der Waals surface area contributed by atoms with Crippen molar-refractivity contribution in [1.82, 2.24) is 9.88 Å². The summed E-state index contributed by atoms with van der Waals surface area (Å²) in [4.78, 5) is 7.77. The van der Waals surface area contributed by atoms with E-state index in [9.17, 15) is 0 Å². The van der Waals surface area contributed by atoms with Crippen molar-refractivity contribution in [1.29, 1.82) is 5.26 Å². The molecule has 0 bridgehead atoms. The maximum Gasteiger partial charge on any atom is 0.136 e. The van der Waals surface area contributed by atoms with Crippen molar-refractivity contribution in [3.63, 3.8) is 0 Å². The lowest BCUT2D eigenvalue weighted by Crippen LogP contribution is -2.17. The molecule has 0 amide bonds. The van der Waals surface area contributed by atoms with E-state index in [0.717, 1.165) is 24.3 Å². The summed E-state index contributed by atoms with van der Waals surface area (Å²) in [5.41, 5.74) is 4.67. The van der Waals surface area contributed by atoms with Crippen molar-refractivity contribution >= 4 is 11.3 Å². The number of ether oxygens (including phenoxy) is 1. The lowest BCUT2D eigenvalue weighted by molar-refractivity contribution is 0.320. The monoisotopic (exact) mass is 287 g/mol. The first-order valence-electron chi connectivity index (χ1n) is 6.28. The Bertz CT molecular complexity index is 630. The molecule has 0 aliphatic rings. The number of rotatable bonds is 5. The summed E-state index contributed by atoms with van der Waals surface area (Å²) in [6.45, 7) is 3.71. The summed E-state index contributed by atoms with van der Waals surface area (Å²) in [5.74, 6) is 0.632. The van der Waals surface area contributed by atoms with Gasteiger partial charge in [0.05, 0.1) is 23.9 Å². The molecule has 0 radical (unpaired) electrons. The van der Waals surface area contributed by atoms with E-state index in [2.05, 4.69) is 23.0 Å². The van der Waals surface area contributed by atoms with Crippen molar-refractivity contribution < 1.29 is 4.74 Å². The molecule has 5 heteroatoms. The summed E-state index contributed by atoms with van der Waals surface area (Å²) in [6, 6.07) is 7.83. The number of hydrogen-bond acceptors (Lipinski definition) is 5. The van der Waals surface area contributed by atoms with Gasteiger partial charge in [0.2, 0.25) is 0 Å². The minimum absolute atomic E-state index is 0.567. The Kier molecular flexibility index (Phi) is 4.72. The van der Waals surface area contributed by atoms with E-state index in [0.29, 0.717) is 11.3 Å². The predicted octanol–water partition coefficient (Wildman–Crippen LogP) is 2.96. The third kappa shape index (κ3) is 3.35. The quantitative estimate of drug-likeness (QED) is 0.848. The molecule has 20 heavy (non-hydrogen) atoms. The fraction of sp³-hybridized carbons (Fsp3) is 0.333. The molecular weight excluding hydrogens is 270 g/mol. The van der Waals surface area contributed by atoms with Crippen molar-refractivity contribution in [2.75, 3.05) is 14.2 Å². The first-order chi connectivity index (χ1) is 9.63. The molecule has 0 saturated heterocycles. The normalized spacial score (nSPS) is 10.6. The van der Waals surface area contributed by atoms with Gasteiger partial charge in [0.1, 0.15) is 11.8 Å². The van der Waals surface area contributed by atoms with Gasteiger partial charge in [-0.3, -0.25) is 4.90 Å². The summed E-state index contributed by atoms with van der Waals surface area (Å²) in [5, 5.41) is 8.98. The van der Waals surface area contributed by atoms with Crippen LogP contribution in [-0.2, 0) is 13.1 Å². The molecule has 0 fully saturated rings. The highest BCUT2D eigenvalue weighted by Gasteiger charge is 2.08. The van der Waals surface area contributed by atoms with Gasteiger partial charge < -0.3 is 4.74 Å². The van der Waals surface area contributed by atoms with Gasteiger partial charge >= 0.3 is 0 Å². The molecule has 0 aliphatic carbocycles. The number of methoxy groups -OCH3 is 1. The highest BCUT2D eigenvalue weighted by Crippen LogP contribution is 2.21. The van der Waals surface area contributed by atoms with Gasteiger partial charge in [-0.05, 0) is 31.7 Å². The average Bonchev–Trinajstić information content (AvgIpc) is 2.84. The second-order valence-electron chi connectivity index (χ2n) is 4.68. The molecule has 2 rings (SSSR count). The number of benzene rings is 1. The second kappa shape index (κ2) is 6.51. The van der Waals surface area contributed by atoms with E-state index in [1.807, 2.05) is 24.6 Å². The largest absolute Gasteiger partial charge is 0.495 e. The maximum atomic E-state index is 8.98. The number of nitriles is 1. The van der Waals surface area contributed by atoms with Crippen LogP contribution in [0.15, 0.2) is 23.7 Å². The first kappa shape index (κ1) is 14.5. The molecule has 1 aromatic heterocycles. The van der Waals surface area contributed by atoms with E-state index in [4.69, 9.17) is 10.00 Å². The highest BCUT2D eigenvalue weighted by molar-refractivity contribution is 7.09. The van der Waals surface area contributed by atoms with Crippen molar-refractivity contribution in [3.8, 4) is 11.8 Å². The number of aromatic nitrogens is 1. The molecule has 1 aromatic carbocycles. The lowest BCUT2D eigenvalue weighted by atomic mass is 10.1. The average molecular weight is 287 g/mol. The summed E-state index contributed by atoms with van der Waals surface area (Å²) >= 11 is 1.68. The molecule has 2 aromatic rings. The number of nitrogens with zero attached hydrogens (tertiary/aromatic N) is 3. The Morgan fingerprint density at radius 3 is 2.80 bits per heavy atom. The third-order valence-corrected chi connectivity index (χ3v) is 4.02. The summed E-state index contributed by atoms with van der Waals surface area (Å²) < 4.78 is 5.23. The zero-order valence-corrected chi connectivity index (χ0v) is 12.7. The fourth-order valence-electron chi connectivity index (χ4n) is 2.02. The van der Waals surface area contributed by atoms with Crippen LogP contribution in [0.1, 0.15) is 21.7 Å². The van der Waals surface area contributed by atoms with E-state index >= 15 is 0 Å². The second-order valence-corrected chi connectivity index (χ2v) is 5.62. The van der Waals surface area contributed by atoms with Crippen molar-refractivity contribution in [3.05, 3.63) is 45.4 Å². The van der Waals surface area contributed by atoms with Crippen LogP contribution in [0.2, 0.25) is 0 Å². The summed E-state index contributed by atoms with van der Waals surface area (Å²) in [7, 11) is 3.66. The van der Waals surface area contributed by atoms with Crippen LogP contribution in [0.4, 0.5) is 0 Å². The van der Waals surface area contributed by atoms with Crippen LogP contribution in [0.25, 0.3) is 0 Å². The van der Waals surface area contributed by atoms with Crippen LogP contribution in [-0.4, -0.2) is 24.0 Å². The molecule has 0 atom stereocenters. The standard InChI is InChI=1S/C15H17N3OS/c1-11-15(20-10-17-11)9-18(2)8-12-4-5-13(7-16)14(6-12)19-3/h4-6,10H,8-9H2,1-3H3. The molecular formula is C15H17N3OS. The minimum atomic E-state index is 0.567. The molecule has 0 aliphatic heterocycles. The Morgan fingerprint density at radius 1 is 1.40 bits per heavy atom. The van der Waals surface area contributed by atoms with Gasteiger partial charge in [-0.15, -0.1) is 11.3 Å². The van der Waals surface area contributed by atoms with Crippen molar-refractivity contribution in [2.45, 2.75) is 20.0 Å². The zero-order chi connectivity index (χ0) is 14.5. The first-order valence-corrected chi connectivity index (χ1v) is 7.16. The Labute approximate surface area is 123 Å². The van der Waals surface area contributed by atoms with Crippen LogP contribution < -0.4 is 4.74 Å². The molecule has 0 unspecified atom stereocenters. The van der Waals surface area contributed by atoms with Crippen LogP contribution in [0.5, 0.6) is 5.75 Å². The number of thiazole rings is 1. The minimum Gasteiger partial charge on any atom is -0.495 e. The van der Waals surface area contributed by atoms with Gasteiger partial charge in [0.25, 0.3) is 0 Å². The van der Waals surface area contributed by atoms with E-state index in [1.54, 1.807) is 24.5 Å². The van der Waals surface area contributed by atoms with Crippen LogP contribution in [0.3, 0.4) is 0 Å². The molecule has 0 N–H and O–H groups in total. The van der Waals surface area contributed by atoms with Crippen LogP contribution in [0, 0.1) is 18.3 Å². The van der Waals surface area contributed by atoms with Gasteiger partial charge in [-0.1, -0.05) is 6.07 Å². The SMILES string of the molecule is COc1cc(CN(C)Cc2scnc2C)ccc1C#N. The topological polar surface area (TPSA) is 49.1 Å². The molecule has 104 valence electrons. The van der Waals surface area contributed by atoms with Crippen LogP contribution >= 0.6 is 11.3 Å². The smallest absolute Gasteiger partial charge is 0.136 e. The third-order valence-electron chi connectivity index (χ3n) is 3.10. The van der Waals surface area contributed by atoms with Gasteiger partial charge in [-0.2, -0.15) is 5.26 Å². The van der Waals surface area contributed by atoms with E-state index < -0.39 is 0 Å².